The van der Waals surface area contributed by atoms with Gasteiger partial charge < -0.3 is 5.11 Å². The summed E-state index contributed by atoms with van der Waals surface area (Å²) in [6.07, 6.45) is 3.33. The summed E-state index contributed by atoms with van der Waals surface area (Å²) in [5.41, 5.74) is -1.46. The summed E-state index contributed by atoms with van der Waals surface area (Å²) in [4.78, 5) is 12.2. The molecule has 0 radical (unpaired) electrons. The highest BCUT2D eigenvalue weighted by Crippen LogP contribution is 2.41. The normalized spacial score (nSPS) is 12.1. The zero-order valence-electron chi connectivity index (χ0n) is 19.1. The summed E-state index contributed by atoms with van der Waals surface area (Å²) >= 11 is 2.40. The number of sulfonamides is 1. The van der Waals surface area contributed by atoms with Crippen molar-refractivity contribution in [3.8, 4) is 21.8 Å². The lowest BCUT2D eigenvalue weighted by atomic mass is 10.1. The monoisotopic (exact) mass is 552 g/mol. The number of thioether (sulfide) groups is 1. The lowest BCUT2D eigenvalue weighted by Gasteiger charge is -2.13. The largest absolute Gasteiger partial charge is 0.383 e. The van der Waals surface area contributed by atoms with Gasteiger partial charge in [-0.05, 0) is 50.4 Å². The van der Waals surface area contributed by atoms with Gasteiger partial charge in [0.15, 0.2) is 15.9 Å². The number of anilines is 1. The van der Waals surface area contributed by atoms with Crippen molar-refractivity contribution in [1.29, 1.82) is 0 Å². The molecule has 0 aliphatic carbocycles. The van der Waals surface area contributed by atoms with Crippen molar-refractivity contribution in [2.75, 3.05) is 11.0 Å². The molecule has 0 aliphatic rings. The van der Waals surface area contributed by atoms with Crippen molar-refractivity contribution in [3.63, 3.8) is 0 Å². The number of rotatable bonds is 7. The van der Waals surface area contributed by atoms with Crippen LogP contribution in [-0.4, -0.2) is 34.7 Å². The lowest BCUT2D eigenvalue weighted by Crippen LogP contribution is -2.17. The van der Waals surface area contributed by atoms with Crippen LogP contribution in [0.4, 0.5) is 18.9 Å². The van der Waals surface area contributed by atoms with Crippen LogP contribution in [0.25, 0.3) is 21.8 Å². The molecule has 0 fully saturated rings. The molecule has 0 amide bonds. The van der Waals surface area contributed by atoms with E-state index in [0.29, 0.717) is 15.7 Å². The SMILES string of the molecule is CSc1nccc(-c2sc(C(C)(C)O)nc2-c2cccc(NS(=O)(=O)c3c(F)cccc3F)c2F)n1. The standard InChI is InChI=1S/C23H19F3N4O3S3/c1-23(2,31)21-29-18(19(35-21)16-10-11-27-22(28-16)34-3)12-6-4-9-15(17(12)26)30-36(32,33)20-13(24)7-5-8-14(20)25/h4-11,30-31H,1-3H3. The van der Waals surface area contributed by atoms with Gasteiger partial charge in [0.25, 0.3) is 10.0 Å². The number of halogens is 3. The summed E-state index contributed by atoms with van der Waals surface area (Å²) in [5, 5.41) is 11.3. The number of aliphatic hydroxyl groups is 1. The third-order valence-corrected chi connectivity index (χ3v) is 8.25. The quantitative estimate of drug-likeness (QED) is 0.233. The molecule has 0 bridgehead atoms. The fourth-order valence-electron chi connectivity index (χ4n) is 3.23. The Morgan fingerprint density at radius 2 is 1.69 bits per heavy atom. The smallest absolute Gasteiger partial charge is 0.267 e. The molecule has 2 N–H and O–H groups in total. The maximum absolute atomic E-state index is 15.7. The predicted molar refractivity (Wildman–Crippen MR) is 133 cm³/mol. The Hall–Kier alpha value is -3.00. The van der Waals surface area contributed by atoms with Gasteiger partial charge in [0.1, 0.15) is 22.2 Å². The first-order valence-electron chi connectivity index (χ1n) is 10.3. The average molecular weight is 553 g/mol. The summed E-state index contributed by atoms with van der Waals surface area (Å²) in [6, 6.07) is 8.06. The van der Waals surface area contributed by atoms with Gasteiger partial charge in [0, 0.05) is 11.8 Å². The first-order valence-corrected chi connectivity index (χ1v) is 13.8. The van der Waals surface area contributed by atoms with Crippen molar-refractivity contribution < 1.29 is 26.7 Å². The van der Waals surface area contributed by atoms with Crippen molar-refractivity contribution in [1.82, 2.24) is 15.0 Å². The van der Waals surface area contributed by atoms with E-state index in [1.807, 2.05) is 4.72 Å². The molecule has 4 aromatic rings. The number of hydrogen-bond acceptors (Lipinski definition) is 8. The Labute approximate surface area is 213 Å². The second-order valence-electron chi connectivity index (χ2n) is 8.01. The maximum Gasteiger partial charge on any atom is 0.267 e. The number of aromatic nitrogens is 3. The molecule has 13 heteroatoms. The van der Waals surface area contributed by atoms with E-state index in [-0.39, 0.29) is 16.3 Å². The summed E-state index contributed by atoms with van der Waals surface area (Å²) in [7, 11) is -4.81. The van der Waals surface area contributed by atoms with Crippen LogP contribution in [0.15, 0.2) is 58.7 Å². The highest BCUT2D eigenvalue weighted by Gasteiger charge is 2.29. The summed E-state index contributed by atoms with van der Waals surface area (Å²) < 4.78 is 71.3. The third kappa shape index (κ3) is 5.09. The van der Waals surface area contributed by atoms with Gasteiger partial charge >= 0.3 is 0 Å². The molecule has 0 unspecified atom stereocenters. The van der Waals surface area contributed by atoms with Crippen LogP contribution in [0.3, 0.4) is 0 Å². The van der Waals surface area contributed by atoms with Crippen LogP contribution >= 0.6 is 23.1 Å². The van der Waals surface area contributed by atoms with Crippen LogP contribution in [0.1, 0.15) is 18.9 Å². The lowest BCUT2D eigenvalue weighted by molar-refractivity contribution is 0.0783. The fraction of sp³-hybridized carbons (Fsp3) is 0.174. The molecular formula is C23H19F3N4O3S3. The molecule has 4 rings (SSSR count). The van der Waals surface area contributed by atoms with Crippen LogP contribution in [0.2, 0.25) is 0 Å². The Kier molecular flexibility index (Phi) is 7.10. The number of thiazole rings is 1. The van der Waals surface area contributed by atoms with Crippen LogP contribution in [0, 0.1) is 17.5 Å². The number of nitrogens with one attached hydrogen (secondary N) is 1. The minimum Gasteiger partial charge on any atom is -0.383 e. The second-order valence-corrected chi connectivity index (χ2v) is 11.4. The van der Waals surface area contributed by atoms with Crippen molar-refractivity contribution >= 4 is 38.8 Å². The molecule has 2 heterocycles. The van der Waals surface area contributed by atoms with Gasteiger partial charge in [0.2, 0.25) is 0 Å². The highest BCUT2D eigenvalue weighted by atomic mass is 32.2. The Balaban J connectivity index is 1.85. The van der Waals surface area contributed by atoms with E-state index in [4.69, 9.17) is 0 Å². The predicted octanol–water partition coefficient (Wildman–Crippen LogP) is 5.43. The van der Waals surface area contributed by atoms with E-state index in [0.717, 1.165) is 35.6 Å². The van der Waals surface area contributed by atoms with Crippen LogP contribution < -0.4 is 4.72 Å². The molecule has 7 nitrogen and oxygen atoms in total. The van der Waals surface area contributed by atoms with Crippen molar-refractivity contribution in [2.24, 2.45) is 0 Å². The molecule has 36 heavy (non-hydrogen) atoms. The second kappa shape index (κ2) is 9.81. The van der Waals surface area contributed by atoms with Gasteiger partial charge in [-0.1, -0.05) is 23.9 Å². The van der Waals surface area contributed by atoms with E-state index >= 15 is 4.39 Å². The van der Waals surface area contributed by atoms with E-state index in [2.05, 4.69) is 15.0 Å². The van der Waals surface area contributed by atoms with Crippen molar-refractivity contribution in [2.45, 2.75) is 29.5 Å². The zero-order chi connectivity index (χ0) is 26.3. The molecule has 0 saturated carbocycles. The zero-order valence-corrected chi connectivity index (χ0v) is 21.5. The van der Waals surface area contributed by atoms with E-state index in [1.165, 1.54) is 43.9 Å². The van der Waals surface area contributed by atoms with Crippen molar-refractivity contribution in [3.05, 3.63) is 71.1 Å². The van der Waals surface area contributed by atoms with Gasteiger partial charge in [-0.3, -0.25) is 4.72 Å². The van der Waals surface area contributed by atoms with Crippen LogP contribution in [0.5, 0.6) is 0 Å². The molecule has 0 aliphatic heterocycles. The highest BCUT2D eigenvalue weighted by molar-refractivity contribution is 7.98. The molecule has 0 saturated heterocycles. The third-order valence-electron chi connectivity index (χ3n) is 4.89. The summed E-state index contributed by atoms with van der Waals surface area (Å²) in [5.74, 6) is -3.65. The Morgan fingerprint density at radius 1 is 1.03 bits per heavy atom. The average Bonchev–Trinajstić information content (AvgIpc) is 3.26. The topological polar surface area (TPSA) is 105 Å². The maximum atomic E-state index is 15.7. The number of nitrogens with zero attached hydrogens (tertiary/aromatic N) is 3. The van der Waals surface area contributed by atoms with Gasteiger partial charge in [-0.15, -0.1) is 11.3 Å². The van der Waals surface area contributed by atoms with Crippen LogP contribution in [-0.2, 0) is 15.6 Å². The van der Waals surface area contributed by atoms with E-state index in [9.17, 15) is 22.3 Å². The molecule has 0 spiro atoms. The van der Waals surface area contributed by atoms with E-state index < -0.39 is 43.7 Å². The minimum absolute atomic E-state index is 0.102. The molecule has 2 aromatic heterocycles. The Bertz CT molecular complexity index is 1530. The molecule has 2 aromatic carbocycles. The van der Waals surface area contributed by atoms with E-state index in [1.54, 1.807) is 12.3 Å². The number of benzene rings is 2. The molecule has 188 valence electrons. The molecular weight excluding hydrogens is 533 g/mol. The van der Waals surface area contributed by atoms with Gasteiger partial charge in [-0.25, -0.2) is 36.5 Å². The summed E-state index contributed by atoms with van der Waals surface area (Å²) in [6.45, 7) is 3.05. The first kappa shape index (κ1) is 26.1. The molecule has 0 atom stereocenters. The van der Waals surface area contributed by atoms with Gasteiger partial charge in [0.05, 0.1) is 22.0 Å². The first-order chi connectivity index (χ1) is 16.9. The fourth-order valence-corrected chi connectivity index (χ4v) is 5.84. The Morgan fingerprint density at radius 3 is 2.33 bits per heavy atom. The van der Waals surface area contributed by atoms with Gasteiger partial charge in [-0.2, -0.15) is 0 Å². The minimum atomic E-state index is -4.81. The number of hydrogen-bond donors (Lipinski definition) is 2.